The molecule has 2 aliphatic heterocycles. The van der Waals surface area contributed by atoms with Crippen molar-refractivity contribution >= 4 is 12.1 Å². The molecule has 22 heavy (non-hydrogen) atoms. The molecule has 0 aromatic rings. The smallest absolute Gasteiger partial charge is 0.409 e. The summed E-state index contributed by atoms with van der Waals surface area (Å²) in [6, 6.07) is 0. The second kappa shape index (κ2) is 5.72. The number of nitrogens with zero attached hydrogens (tertiary/aromatic N) is 1. The van der Waals surface area contributed by atoms with Crippen molar-refractivity contribution in [3.8, 4) is 0 Å². The van der Waals surface area contributed by atoms with Crippen LogP contribution >= 0.6 is 0 Å². The average molecular weight is 311 g/mol. The highest BCUT2D eigenvalue weighted by atomic mass is 16.6. The number of amides is 1. The fraction of sp³-hybridized carbons (Fsp3) is 0.875. The summed E-state index contributed by atoms with van der Waals surface area (Å²) in [5.74, 6) is -0.0960. The molecular weight excluding hydrogens is 286 g/mol. The average Bonchev–Trinajstić information content (AvgIpc) is 2.98. The summed E-state index contributed by atoms with van der Waals surface area (Å²) in [5.41, 5.74) is -0.118. The molecule has 124 valence electrons. The van der Waals surface area contributed by atoms with Crippen LogP contribution in [0.5, 0.6) is 0 Å². The third kappa shape index (κ3) is 2.47. The van der Waals surface area contributed by atoms with Gasteiger partial charge in [0, 0.05) is 31.0 Å². The number of likely N-dealkylation sites (tertiary alicyclic amines) is 1. The molecule has 0 radical (unpaired) electrons. The lowest BCUT2D eigenvalue weighted by Gasteiger charge is -2.53. The predicted molar refractivity (Wildman–Crippen MR) is 78.2 cm³/mol. The van der Waals surface area contributed by atoms with Crippen molar-refractivity contribution in [3.05, 3.63) is 0 Å². The molecule has 3 rings (SSSR count). The van der Waals surface area contributed by atoms with E-state index in [0.717, 1.165) is 25.9 Å². The fourth-order valence-corrected chi connectivity index (χ4v) is 4.20. The van der Waals surface area contributed by atoms with E-state index in [1.165, 1.54) is 7.11 Å². The maximum Gasteiger partial charge on any atom is 0.409 e. The van der Waals surface area contributed by atoms with Crippen LogP contribution in [-0.2, 0) is 19.0 Å². The van der Waals surface area contributed by atoms with Crippen molar-refractivity contribution in [2.45, 2.75) is 45.3 Å². The van der Waals surface area contributed by atoms with Crippen molar-refractivity contribution < 1.29 is 23.8 Å². The number of hydrogen-bond donors (Lipinski definition) is 0. The summed E-state index contributed by atoms with van der Waals surface area (Å²) < 4.78 is 16.3. The van der Waals surface area contributed by atoms with E-state index in [1.54, 1.807) is 4.90 Å². The molecule has 1 amide bonds. The highest BCUT2D eigenvalue weighted by Gasteiger charge is 2.61. The highest BCUT2D eigenvalue weighted by molar-refractivity contribution is 5.75. The summed E-state index contributed by atoms with van der Waals surface area (Å²) in [4.78, 5) is 25.7. The molecule has 0 N–H and O–H groups in total. The Bertz CT molecular complexity index is 463. The first-order valence-electron chi connectivity index (χ1n) is 8.10. The van der Waals surface area contributed by atoms with Gasteiger partial charge in [-0.25, -0.2) is 4.79 Å². The number of methoxy groups -OCH3 is 1. The second-order valence-corrected chi connectivity index (χ2v) is 7.18. The Balaban J connectivity index is 1.59. The van der Waals surface area contributed by atoms with Crippen LogP contribution in [-0.4, -0.2) is 56.0 Å². The zero-order valence-corrected chi connectivity index (χ0v) is 13.5. The van der Waals surface area contributed by atoms with Gasteiger partial charge in [-0.2, -0.15) is 0 Å². The van der Waals surface area contributed by atoms with E-state index < -0.39 is 0 Å². The molecule has 2 saturated heterocycles. The zero-order valence-electron chi connectivity index (χ0n) is 13.5. The predicted octanol–water partition coefficient (Wildman–Crippen LogP) is 1.82. The van der Waals surface area contributed by atoms with Gasteiger partial charge in [-0.3, -0.25) is 4.79 Å². The van der Waals surface area contributed by atoms with Crippen LogP contribution in [0.2, 0.25) is 0 Å². The van der Waals surface area contributed by atoms with E-state index in [9.17, 15) is 9.59 Å². The monoisotopic (exact) mass is 311 g/mol. The molecule has 6 heteroatoms. The summed E-state index contributed by atoms with van der Waals surface area (Å²) in [6.45, 7) is 5.98. The van der Waals surface area contributed by atoms with E-state index in [1.807, 2.05) is 0 Å². The van der Waals surface area contributed by atoms with Crippen LogP contribution in [0.1, 0.15) is 33.1 Å². The maximum atomic E-state index is 12.5. The lowest BCUT2D eigenvalue weighted by atomic mass is 9.59. The number of piperidine rings is 1. The lowest BCUT2D eigenvalue weighted by molar-refractivity contribution is -0.214. The van der Waals surface area contributed by atoms with Crippen LogP contribution in [0.25, 0.3) is 0 Å². The first-order chi connectivity index (χ1) is 10.4. The third-order valence-corrected chi connectivity index (χ3v) is 5.42. The van der Waals surface area contributed by atoms with Gasteiger partial charge in [-0.1, -0.05) is 13.8 Å². The van der Waals surface area contributed by atoms with Crippen LogP contribution in [0, 0.1) is 17.3 Å². The van der Waals surface area contributed by atoms with E-state index in [2.05, 4.69) is 13.8 Å². The third-order valence-electron chi connectivity index (χ3n) is 5.42. The van der Waals surface area contributed by atoms with Crippen LogP contribution in [0.3, 0.4) is 0 Å². The molecular formula is C16H25NO5. The molecule has 0 aromatic heterocycles. The van der Waals surface area contributed by atoms with Crippen LogP contribution < -0.4 is 0 Å². The van der Waals surface area contributed by atoms with Crippen LogP contribution in [0.4, 0.5) is 4.79 Å². The lowest BCUT2D eigenvalue weighted by Crippen LogP contribution is -2.62. The molecule has 3 aliphatic rings. The van der Waals surface area contributed by atoms with Gasteiger partial charge in [-0.05, 0) is 19.3 Å². The molecule has 2 heterocycles. The number of hydrogen-bond acceptors (Lipinski definition) is 5. The second-order valence-electron chi connectivity index (χ2n) is 7.18. The Morgan fingerprint density at radius 3 is 2.77 bits per heavy atom. The highest BCUT2D eigenvalue weighted by Crippen LogP contribution is 2.53. The summed E-state index contributed by atoms with van der Waals surface area (Å²) >= 11 is 0. The summed E-state index contributed by atoms with van der Waals surface area (Å²) in [5, 5.41) is 0. The van der Waals surface area contributed by atoms with Crippen molar-refractivity contribution in [1.29, 1.82) is 0 Å². The van der Waals surface area contributed by atoms with E-state index in [-0.39, 0.29) is 35.6 Å². The van der Waals surface area contributed by atoms with E-state index in [0.29, 0.717) is 19.0 Å². The minimum absolute atomic E-state index is 0.0685. The molecule has 6 nitrogen and oxygen atoms in total. The first-order valence-corrected chi connectivity index (χ1v) is 8.10. The quantitative estimate of drug-likeness (QED) is 0.728. The first kappa shape index (κ1) is 15.6. The topological polar surface area (TPSA) is 65.1 Å². The number of esters is 1. The molecule has 1 saturated carbocycles. The Hall–Kier alpha value is -1.30. The molecule has 0 bridgehead atoms. The van der Waals surface area contributed by atoms with Gasteiger partial charge in [-0.15, -0.1) is 0 Å². The fourth-order valence-electron chi connectivity index (χ4n) is 4.20. The normalized spacial score (nSPS) is 36.2. The van der Waals surface area contributed by atoms with Crippen LogP contribution in [0.15, 0.2) is 0 Å². The van der Waals surface area contributed by atoms with Gasteiger partial charge in [0.05, 0.1) is 19.1 Å². The molecule has 0 aromatic carbocycles. The molecule has 0 spiro atoms. The number of carbonyl (C=O) groups is 2. The van der Waals surface area contributed by atoms with Gasteiger partial charge < -0.3 is 19.1 Å². The minimum Gasteiger partial charge on any atom is -0.461 e. The SMILES string of the molecule is COC(=O)N1CCC[C@H](C(=O)O[C@@H]2[C@H]3CCO[C@@H]3C2(C)C)C1. The summed E-state index contributed by atoms with van der Waals surface area (Å²) in [7, 11) is 1.36. The number of ether oxygens (including phenoxy) is 3. The van der Waals surface area contributed by atoms with E-state index in [4.69, 9.17) is 14.2 Å². The minimum atomic E-state index is -0.370. The molecule has 4 atom stereocenters. The Kier molecular flexibility index (Phi) is 4.05. The zero-order chi connectivity index (χ0) is 15.9. The van der Waals surface area contributed by atoms with Gasteiger partial charge in [0.2, 0.25) is 0 Å². The van der Waals surface area contributed by atoms with Gasteiger partial charge >= 0.3 is 12.1 Å². The molecule has 3 fully saturated rings. The Labute approximate surface area is 131 Å². The number of fused-ring (bicyclic) bond motifs is 1. The summed E-state index contributed by atoms with van der Waals surface area (Å²) in [6.07, 6.45) is 2.31. The van der Waals surface area contributed by atoms with Gasteiger partial charge in [0.15, 0.2) is 0 Å². The van der Waals surface area contributed by atoms with Gasteiger partial charge in [0.25, 0.3) is 0 Å². The Morgan fingerprint density at radius 1 is 1.27 bits per heavy atom. The van der Waals surface area contributed by atoms with Gasteiger partial charge in [0.1, 0.15) is 6.10 Å². The Morgan fingerprint density at radius 2 is 2.05 bits per heavy atom. The van der Waals surface area contributed by atoms with Crippen molar-refractivity contribution in [1.82, 2.24) is 4.90 Å². The maximum absolute atomic E-state index is 12.5. The number of carbonyl (C=O) groups excluding carboxylic acids is 2. The van der Waals surface area contributed by atoms with Crippen molar-refractivity contribution in [2.24, 2.45) is 17.3 Å². The standard InChI is InChI=1S/C16H25NO5/c1-16(2)12-11(6-8-21-12)13(16)22-14(18)10-5-4-7-17(9-10)15(19)20-3/h10-13H,4-9H2,1-3H3/t10-,11-,12-,13+/m0/s1. The largest absolute Gasteiger partial charge is 0.461 e. The number of rotatable bonds is 2. The van der Waals surface area contributed by atoms with E-state index >= 15 is 0 Å². The van der Waals surface area contributed by atoms with Crippen molar-refractivity contribution in [2.75, 3.05) is 26.8 Å². The molecule has 0 unspecified atom stereocenters. The molecule has 1 aliphatic carbocycles. The van der Waals surface area contributed by atoms with Crippen molar-refractivity contribution in [3.63, 3.8) is 0 Å².